The maximum absolute atomic E-state index is 12.7. The lowest BCUT2D eigenvalue weighted by atomic mass is 10.2. The SMILES string of the molecule is CC1CC1c1ccc(CN(C(=O)c2cc[n+]([O-])cc2)C2CC2)o1. The summed E-state index contributed by atoms with van der Waals surface area (Å²) < 4.78 is 6.63. The lowest BCUT2D eigenvalue weighted by molar-refractivity contribution is -0.605. The van der Waals surface area contributed by atoms with Crippen LogP contribution in [0.5, 0.6) is 0 Å². The van der Waals surface area contributed by atoms with Crippen LogP contribution in [0.25, 0.3) is 0 Å². The first-order valence-electron chi connectivity index (χ1n) is 8.20. The van der Waals surface area contributed by atoms with Crippen LogP contribution in [0.2, 0.25) is 0 Å². The fourth-order valence-electron chi connectivity index (χ4n) is 3.04. The Bertz CT molecular complexity index is 718. The number of hydrogen-bond acceptors (Lipinski definition) is 3. The third-order valence-electron chi connectivity index (χ3n) is 4.78. The van der Waals surface area contributed by atoms with Gasteiger partial charge in [0.1, 0.15) is 11.5 Å². The van der Waals surface area contributed by atoms with Crippen molar-refractivity contribution in [3.63, 3.8) is 0 Å². The molecule has 1 amide bonds. The molecule has 0 spiro atoms. The smallest absolute Gasteiger partial charge is 0.254 e. The standard InChI is InChI=1S/C18H20N2O3/c1-12-10-16(12)17-5-4-15(23-17)11-20(14-2-3-14)18(21)13-6-8-19(22)9-7-13/h4-9,12,14,16H,2-3,10-11H2,1H3. The average molecular weight is 312 g/mol. The minimum absolute atomic E-state index is 0.0363. The van der Waals surface area contributed by atoms with Gasteiger partial charge in [-0.2, -0.15) is 4.73 Å². The average Bonchev–Trinajstić information content (AvgIpc) is 3.46. The zero-order valence-corrected chi connectivity index (χ0v) is 13.1. The van der Waals surface area contributed by atoms with Gasteiger partial charge in [-0.25, -0.2) is 0 Å². The largest absolute Gasteiger partial charge is 0.619 e. The number of rotatable bonds is 5. The van der Waals surface area contributed by atoms with E-state index in [1.165, 1.54) is 18.8 Å². The van der Waals surface area contributed by atoms with E-state index >= 15 is 0 Å². The fraction of sp³-hybridized carbons (Fsp3) is 0.444. The molecule has 2 atom stereocenters. The van der Waals surface area contributed by atoms with Gasteiger partial charge in [0, 0.05) is 24.1 Å². The van der Waals surface area contributed by atoms with Crippen LogP contribution in [0.3, 0.4) is 0 Å². The number of carbonyl (C=O) groups excluding carboxylic acids is 1. The van der Waals surface area contributed by atoms with Crippen LogP contribution in [0, 0.1) is 11.1 Å². The highest BCUT2D eigenvalue weighted by Crippen LogP contribution is 2.47. The first-order valence-corrected chi connectivity index (χ1v) is 8.20. The van der Waals surface area contributed by atoms with Gasteiger partial charge in [-0.1, -0.05) is 6.92 Å². The minimum atomic E-state index is -0.0363. The van der Waals surface area contributed by atoms with Gasteiger partial charge in [0.05, 0.1) is 12.1 Å². The molecule has 0 aliphatic heterocycles. The van der Waals surface area contributed by atoms with Crippen LogP contribution in [0.15, 0.2) is 41.1 Å². The molecule has 0 radical (unpaired) electrons. The molecule has 120 valence electrons. The zero-order chi connectivity index (χ0) is 16.0. The van der Waals surface area contributed by atoms with Crippen molar-refractivity contribution >= 4 is 5.91 Å². The number of carbonyl (C=O) groups is 1. The van der Waals surface area contributed by atoms with Gasteiger partial charge < -0.3 is 14.5 Å². The third kappa shape index (κ3) is 2.96. The van der Waals surface area contributed by atoms with Crippen molar-refractivity contribution in [1.29, 1.82) is 0 Å². The Balaban J connectivity index is 1.50. The van der Waals surface area contributed by atoms with Crippen molar-refractivity contribution in [1.82, 2.24) is 4.90 Å². The summed E-state index contributed by atoms with van der Waals surface area (Å²) in [4.78, 5) is 14.6. The molecule has 0 saturated heterocycles. The first-order chi connectivity index (χ1) is 11.1. The molecule has 2 aliphatic rings. The molecule has 2 aliphatic carbocycles. The molecule has 2 heterocycles. The number of hydrogen-bond donors (Lipinski definition) is 0. The van der Waals surface area contributed by atoms with E-state index in [9.17, 15) is 10.0 Å². The molecule has 23 heavy (non-hydrogen) atoms. The van der Waals surface area contributed by atoms with Gasteiger partial charge in [-0.3, -0.25) is 4.79 Å². The molecule has 0 bridgehead atoms. The molecule has 4 rings (SSSR count). The summed E-state index contributed by atoms with van der Waals surface area (Å²) in [6.07, 6.45) is 5.98. The predicted molar refractivity (Wildman–Crippen MR) is 83.5 cm³/mol. The summed E-state index contributed by atoms with van der Waals surface area (Å²) in [6.45, 7) is 2.72. The summed E-state index contributed by atoms with van der Waals surface area (Å²) in [5, 5.41) is 11.1. The van der Waals surface area contributed by atoms with Gasteiger partial charge in [-0.15, -0.1) is 0 Å². The second-order valence-electron chi connectivity index (χ2n) is 6.73. The van der Waals surface area contributed by atoms with E-state index in [4.69, 9.17) is 4.42 Å². The van der Waals surface area contributed by atoms with Crippen molar-refractivity contribution in [3.8, 4) is 0 Å². The molecule has 5 nitrogen and oxygen atoms in total. The molecule has 2 fully saturated rings. The molecule has 5 heteroatoms. The zero-order valence-electron chi connectivity index (χ0n) is 13.1. The van der Waals surface area contributed by atoms with E-state index in [1.807, 2.05) is 17.0 Å². The van der Waals surface area contributed by atoms with Crippen molar-refractivity contribution < 1.29 is 13.9 Å². The van der Waals surface area contributed by atoms with Crippen molar-refractivity contribution in [2.75, 3.05) is 0 Å². The van der Waals surface area contributed by atoms with Crippen molar-refractivity contribution in [2.24, 2.45) is 5.92 Å². The normalized spacial score (nSPS) is 22.8. The highest BCUT2D eigenvalue weighted by Gasteiger charge is 2.37. The maximum Gasteiger partial charge on any atom is 0.254 e. The topological polar surface area (TPSA) is 60.4 Å². The van der Waals surface area contributed by atoms with Crippen LogP contribution < -0.4 is 4.73 Å². The Hall–Kier alpha value is -2.30. The van der Waals surface area contributed by atoms with Crippen LogP contribution in [-0.2, 0) is 6.54 Å². The Morgan fingerprint density at radius 2 is 2.00 bits per heavy atom. The minimum Gasteiger partial charge on any atom is -0.619 e. The molecule has 2 aromatic rings. The first kappa shape index (κ1) is 14.3. The predicted octanol–water partition coefficient (Wildman–Crippen LogP) is 2.84. The summed E-state index contributed by atoms with van der Waals surface area (Å²) >= 11 is 0. The molecule has 2 saturated carbocycles. The number of pyridine rings is 1. The van der Waals surface area contributed by atoms with E-state index in [2.05, 4.69) is 6.92 Å². The van der Waals surface area contributed by atoms with E-state index in [1.54, 1.807) is 12.1 Å². The second-order valence-corrected chi connectivity index (χ2v) is 6.73. The Kier molecular flexibility index (Phi) is 3.36. The molecule has 0 N–H and O–H groups in total. The molecule has 0 aromatic carbocycles. The summed E-state index contributed by atoms with van der Waals surface area (Å²) in [6, 6.07) is 7.46. The Labute approximate surface area is 135 Å². The quantitative estimate of drug-likeness (QED) is 0.630. The molecular weight excluding hydrogens is 292 g/mol. The maximum atomic E-state index is 12.7. The summed E-state index contributed by atoms with van der Waals surface area (Å²) in [7, 11) is 0. The number of nitrogens with zero attached hydrogens (tertiary/aromatic N) is 2. The van der Waals surface area contributed by atoms with Crippen LogP contribution >= 0.6 is 0 Å². The van der Waals surface area contributed by atoms with Gasteiger partial charge in [-0.05, 0) is 37.3 Å². The van der Waals surface area contributed by atoms with Gasteiger partial charge in [0.2, 0.25) is 0 Å². The Morgan fingerprint density at radius 1 is 1.30 bits per heavy atom. The van der Waals surface area contributed by atoms with Crippen LogP contribution in [0.4, 0.5) is 0 Å². The summed E-state index contributed by atoms with van der Waals surface area (Å²) in [5.74, 6) is 3.11. The number of amides is 1. The third-order valence-corrected chi connectivity index (χ3v) is 4.78. The monoisotopic (exact) mass is 312 g/mol. The van der Waals surface area contributed by atoms with Gasteiger partial charge >= 0.3 is 0 Å². The van der Waals surface area contributed by atoms with Crippen LogP contribution in [0.1, 0.15) is 54.0 Å². The lowest BCUT2D eigenvalue weighted by Gasteiger charge is -2.21. The molecule has 2 unspecified atom stereocenters. The van der Waals surface area contributed by atoms with Crippen molar-refractivity contribution in [2.45, 2.75) is 44.7 Å². The summed E-state index contributed by atoms with van der Waals surface area (Å²) in [5.41, 5.74) is 0.548. The van der Waals surface area contributed by atoms with E-state index in [0.717, 1.165) is 24.4 Å². The second kappa shape index (κ2) is 5.41. The Morgan fingerprint density at radius 3 is 2.61 bits per heavy atom. The number of aromatic nitrogens is 1. The fourth-order valence-corrected chi connectivity index (χ4v) is 3.04. The number of furan rings is 1. The van der Waals surface area contributed by atoms with E-state index in [0.29, 0.717) is 28.7 Å². The van der Waals surface area contributed by atoms with E-state index < -0.39 is 0 Å². The van der Waals surface area contributed by atoms with Crippen molar-refractivity contribution in [3.05, 3.63) is 59.0 Å². The van der Waals surface area contributed by atoms with Gasteiger partial charge in [0.15, 0.2) is 12.4 Å². The van der Waals surface area contributed by atoms with E-state index in [-0.39, 0.29) is 11.9 Å². The molecule has 2 aromatic heterocycles. The molecular formula is C18H20N2O3. The highest BCUT2D eigenvalue weighted by molar-refractivity contribution is 5.94. The van der Waals surface area contributed by atoms with Gasteiger partial charge in [0.25, 0.3) is 5.91 Å². The van der Waals surface area contributed by atoms with Crippen LogP contribution in [-0.4, -0.2) is 16.8 Å². The lowest BCUT2D eigenvalue weighted by Crippen LogP contribution is -2.33. The highest BCUT2D eigenvalue weighted by atomic mass is 16.5.